The Morgan fingerprint density at radius 1 is 1.22 bits per heavy atom. The Hall–Kier alpha value is -0.890. The van der Waals surface area contributed by atoms with E-state index in [4.69, 9.17) is 5.11 Å². The molecule has 1 nitrogen and oxygen atoms in total. The molecule has 0 aromatic heterocycles. The van der Waals surface area contributed by atoms with Crippen LogP contribution in [0.4, 0.5) is 4.39 Å². The number of hydrogen-bond acceptors (Lipinski definition) is 1. The van der Waals surface area contributed by atoms with E-state index in [9.17, 15) is 4.39 Å². The van der Waals surface area contributed by atoms with Crippen molar-refractivity contribution in [3.05, 3.63) is 35.9 Å². The minimum atomic E-state index is -1.84. The first-order valence-corrected chi connectivity index (χ1v) is 2.68. The van der Waals surface area contributed by atoms with Gasteiger partial charge in [-0.05, 0) is 0 Å². The van der Waals surface area contributed by atoms with E-state index in [1.54, 1.807) is 18.2 Å². The summed E-state index contributed by atoms with van der Waals surface area (Å²) in [6, 6.07) is 8.19. The zero-order chi connectivity index (χ0) is 6.69. The zero-order valence-electron chi connectivity index (χ0n) is 4.79. The summed E-state index contributed by atoms with van der Waals surface area (Å²) >= 11 is 0. The number of aliphatic hydroxyl groups excluding tert-OH is 1. The summed E-state index contributed by atoms with van der Waals surface area (Å²) in [6.45, 7) is 0. The van der Waals surface area contributed by atoms with Gasteiger partial charge in [0.2, 0.25) is 6.36 Å². The Kier molecular flexibility index (Phi) is 1.80. The highest BCUT2D eigenvalue weighted by Crippen LogP contribution is 2.11. The Morgan fingerprint density at radius 2 is 1.78 bits per heavy atom. The van der Waals surface area contributed by atoms with Gasteiger partial charge in [-0.15, -0.1) is 0 Å². The van der Waals surface area contributed by atoms with E-state index in [2.05, 4.69) is 0 Å². The molecular weight excluding hydrogens is 119 g/mol. The quantitative estimate of drug-likeness (QED) is 0.606. The van der Waals surface area contributed by atoms with Crippen LogP contribution < -0.4 is 0 Å². The minimum Gasteiger partial charge on any atom is -0.360 e. The lowest BCUT2D eigenvalue weighted by atomic mass is 10.2. The van der Waals surface area contributed by atoms with Crippen LogP contribution in [0.15, 0.2) is 30.3 Å². The lowest BCUT2D eigenvalue weighted by Gasteiger charge is -1.97. The maximum Gasteiger partial charge on any atom is 0.222 e. The summed E-state index contributed by atoms with van der Waals surface area (Å²) < 4.78 is 12.0. The Balaban J connectivity index is 2.85. The molecule has 1 atom stereocenters. The molecule has 1 unspecified atom stereocenters. The number of benzene rings is 1. The van der Waals surface area contributed by atoms with E-state index < -0.39 is 6.36 Å². The number of aliphatic hydroxyl groups is 1. The molecule has 1 aromatic rings. The second kappa shape index (κ2) is 2.60. The lowest BCUT2D eigenvalue weighted by molar-refractivity contribution is 0.0411. The predicted molar refractivity (Wildman–Crippen MR) is 32.5 cm³/mol. The van der Waals surface area contributed by atoms with Gasteiger partial charge in [0.1, 0.15) is 0 Å². The molecule has 0 amide bonds. The molecule has 0 aliphatic heterocycles. The highest BCUT2D eigenvalue weighted by atomic mass is 19.1. The van der Waals surface area contributed by atoms with E-state index in [1.807, 2.05) is 0 Å². The number of hydrogen-bond donors (Lipinski definition) is 1. The Labute approximate surface area is 52.8 Å². The van der Waals surface area contributed by atoms with E-state index in [0.717, 1.165) is 0 Å². The molecule has 0 radical (unpaired) electrons. The van der Waals surface area contributed by atoms with Crippen molar-refractivity contribution in [3.8, 4) is 0 Å². The summed E-state index contributed by atoms with van der Waals surface area (Å²) in [4.78, 5) is 0. The van der Waals surface area contributed by atoms with Crippen LogP contribution in [-0.2, 0) is 0 Å². The van der Waals surface area contributed by atoms with E-state index in [1.165, 1.54) is 12.1 Å². The molecule has 1 aromatic carbocycles. The zero-order valence-corrected chi connectivity index (χ0v) is 4.79. The third kappa shape index (κ3) is 1.50. The van der Waals surface area contributed by atoms with Gasteiger partial charge in [-0.2, -0.15) is 0 Å². The molecule has 0 aliphatic carbocycles. The van der Waals surface area contributed by atoms with Crippen molar-refractivity contribution >= 4 is 0 Å². The molecule has 0 heterocycles. The van der Waals surface area contributed by atoms with Gasteiger partial charge in [-0.25, -0.2) is 4.39 Å². The molecule has 9 heavy (non-hydrogen) atoms. The van der Waals surface area contributed by atoms with Crippen LogP contribution in [-0.4, -0.2) is 5.11 Å². The molecule has 0 saturated heterocycles. The van der Waals surface area contributed by atoms with Crippen LogP contribution in [0.3, 0.4) is 0 Å². The molecule has 2 heteroatoms. The second-order valence-corrected chi connectivity index (χ2v) is 1.75. The SMILES string of the molecule is OC(F)c1ccccc1. The van der Waals surface area contributed by atoms with E-state index >= 15 is 0 Å². The van der Waals surface area contributed by atoms with Crippen molar-refractivity contribution in [2.24, 2.45) is 0 Å². The maximum atomic E-state index is 12.0. The van der Waals surface area contributed by atoms with Gasteiger partial charge < -0.3 is 5.11 Å². The summed E-state index contributed by atoms with van der Waals surface area (Å²) in [7, 11) is 0. The summed E-state index contributed by atoms with van der Waals surface area (Å²) in [5.41, 5.74) is 0.303. The number of rotatable bonds is 1. The third-order valence-electron chi connectivity index (χ3n) is 1.07. The highest BCUT2D eigenvalue weighted by Gasteiger charge is 1.99. The first-order chi connectivity index (χ1) is 4.30. The van der Waals surface area contributed by atoms with Crippen LogP contribution in [0.25, 0.3) is 0 Å². The first kappa shape index (κ1) is 6.23. The average molecular weight is 126 g/mol. The maximum absolute atomic E-state index is 12.0. The van der Waals surface area contributed by atoms with Crippen molar-refractivity contribution in [2.45, 2.75) is 6.36 Å². The molecule has 0 saturated carbocycles. The van der Waals surface area contributed by atoms with Crippen LogP contribution in [0, 0.1) is 0 Å². The average Bonchev–Trinajstić information content (AvgIpc) is 1.90. The summed E-state index contributed by atoms with van der Waals surface area (Å²) in [5.74, 6) is 0. The van der Waals surface area contributed by atoms with Crippen LogP contribution >= 0.6 is 0 Å². The van der Waals surface area contributed by atoms with Crippen molar-refractivity contribution in [1.82, 2.24) is 0 Å². The van der Waals surface area contributed by atoms with Crippen molar-refractivity contribution in [2.75, 3.05) is 0 Å². The molecule has 0 fully saturated rings. The van der Waals surface area contributed by atoms with Crippen molar-refractivity contribution in [3.63, 3.8) is 0 Å². The fourth-order valence-electron chi connectivity index (χ4n) is 0.612. The van der Waals surface area contributed by atoms with Gasteiger partial charge in [-0.3, -0.25) is 0 Å². The van der Waals surface area contributed by atoms with Crippen LogP contribution in [0.5, 0.6) is 0 Å². The van der Waals surface area contributed by atoms with Gasteiger partial charge >= 0.3 is 0 Å². The van der Waals surface area contributed by atoms with Gasteiger partial charge in [-0.1, -0.05) is 30.3 Å². The van der Waals surface area contributed by atoms with Gasteiger partial charge in [0.05, 0.1) is 0 Å². The fourth-order valence-corrected chi connectivity index (χ4v) is 0.612. The van der Waals surface area contributed by atoms with Gasteiger partial charge in [0.15, 0.2) is 0 Å². The monoisotopic (exact) mass is 126 g/mol. The topological polar surface area (TPSA) is 20.2 Å². The molecule has 1 rings (SSSR count). The molecular formula is C7H7FO. The normalized spacial score (nSPS) is 13.1. The smallest absolute Gasteiger partial charge is 0.222 e. The Bertz CT molecular complexity index is 172. The fraction of sp³-hybridized carbons (Fsp3) is 0.143. The molecule has 48 valence electrons. The summed E-state index contributed by atoms with van der Waals surface area (Å²) in [5, 5.41) is 8.36. The van der Waals surface area contributed by atoms with Gasteiger partial charge in [0, 0.05) is 5.56 Å². The van der Waals surface area contributed by atoms with E-state index in [0.29, 0.717) is 5.56 Å². The van der Waals surface area contributed by atoms with Crippen LogP contribution in [0.1, 0.15) is 11.9 Å². The van der Waals surface area contributed by atoms with Gasteiger partial charge in [0.25, 0.3) is 0 Å². The van der Waals surface area contributed by atoms with Crippen LogP contribution in [0.2, 0.25) is 0 Å². The Morgan fingerprint density at radius 3 is 2.11 bits per heavy atom. The largest absolute Gasteiger partial charge is 0.360 e. The molecule has 0 bridgehead atoms. The van der Waals surface area contributed by atoms with E-state index in [-0.39, 0.29) is 0 Å². The lowest BCUT2D eigenvalue weighted by Crippen LogP contribution is -1.85. The number of alkyl halides is 1. The molecule has 0 aliphatic rings. The number of halogens is 1. The summed E-state index contributed by atoms with van der Waals surface area (Å²) in [6.07, 6.45) is -1.84. The first-order valence-electron chi connectivity index (χ1n) is 2.68. The third-order valence-corrected chi connectivity index (χ3v) is 1.07. The minimum absolute atomic E-state index is 0.303. The van der Waals surface area contributed by atoms with Crippen molar-refractivity contribution in [1.29, 1.82) is 0 Å². The van der Waals surface area contributed by atoms with Crippen molar-refractivity contribution < 1.29 is 9.50 Å². The molecule has 1 N–H and O–H groups in total. The second-order valence-electron chi connectivity index (χ2n) is 1.75. The predicted octanol–water partition coefficient (Wildman–Crippen LogP) is 1.65. The highest BCUT2D eigenvalue weighted by molar-refractivity contribution is 5.15. The standard InChI is InChI=1S/C7H7FO/c8-7(9)6-4-2-1-3-5-6/h1-5,7,9H. The molecule has 0 spiro atoms.